The van der Waals surface area contributed by atoms with Crippen LogP contribution in [-0.4, -0.2) is 19.6 Å². The number of carbonyl (C=O) groups is 1. The zero-order valence-electron chi connectivity index (χ0n) is 14.4. The lowest BCUT2D eigenvalue weighted by Crippen LogP contribution is -2.23. The van der Waals surface area contributed by atoms with Gasteiger partial charge in [-0.3, -0.25) is 4.79 Å². The Balaban J connectivity index is 2.12. The first kappa shape index (κ1) is 19.1. The summed E-state index contributed by atoms with van der Waals surface area (Å²) in [4.78, 5) is 12.3. The molecule has 2 aromatic carbocycles. The lowest BCUT2D eigenvalue weighted by atomic mass is 10.1. The van der Waals surface area contributed by atoms with Crippen LogP contribution in [0.2, 0.25) is 5.02 Å². The number of ether oxygens (including phenoxy) is 2. The van der Waals surface area contributed by atoms with Crippen molar-refractivity contribution in [3.05, 3.63) is 58.4 Å². The quantitative estimate of drug-likeness (QED) is 0.788. The molecule has 1 N–H and O–H groups in total. The highest BCUT2D eigenvalue weighted by atomic mass is 35.5. The fraction of sp³-hybridized carbons (Fsp3) is 0.316. The Labute approximate surface area is 151 Å². The van der Waals surface area contributed by atoms with Gasteiger partial charge in [-0.15, -0.1) is 0 Å². The predicted octanol–water partition coefficient (Wildman–Crippen LogP) is 4.45. The molecule has 2 aromatic rings. The monoisotopic (exact) mass is 365 g/mol. The molecule has 0 aliphatic heterocycles. The number of methoxy groups -OCH3 is 1. The van der Waals surface area contributed by atoms with E-state index in [2.05, 4.69) is 5.32 Å². The van der Waals surface area contributed by atoms with Crippen molar-refractivity contribution in [3.8, 4) is 11.5 Å². The summed E-state index contributed by atoms with van der Waals surface area (Å²) in [6.07, 6.45) is 0. The first-order valence-electron chi connectivity index (χ1n) is 7.93. The van der Waals surface area contributed by atoms with Gasteiger partial charge in [0.25, 0.3) is 5.91 Å². The molecule has 0 spiro atoms. The second kappa shape index (κ2) is 8.72. The molecule has 0 aliphatic carbocycles. The Kier molecular flexibility index (Phi) is 6.65. The second-order valence-corrected chi connectivity index (χ2v) is 6.41. The number of nitrogens with one attached hydrogen (secondary N) is 1. The minimum Gasteiger partial charge on any atom is -0.493 e. The van der Waals surface area contributed by atoms with E-state index < -0.39 is 0 Å². The Hall–Kier alpha value is -2.27. The maximum atomic E-state index is 13.2. The van der Waals surface area contributed by atoms with E-state index in [0.29, 0.717) is 40.2 Å². The highest BCUT2D eigenvalue weighted by Crippen LogP contribution is 2.36. The summed E-state index contributed by atoms with van der Waals surface area (Å²) in [5.41, 5.74) is 1.01. The number of hydrogen-bond donors (Lipinski definition) is 1. The van der Waals surface area contributed by atoms with E-state index >= 15 is 0 Å². The van der Waals surface area contributed by atoms with Crippen LogP contribution in [0.1, 0.15) is 29.8 Å². The van der Waals surface area contributed by atoms with Crippen molar-refractivity contribution in [2.45, 2.75) is 20.4 Å². The summed E-state index contributed by atoms with van der Waals surface area (Å²) in [7, 11) is 1.49. The number of rotatable bonds is 7. The summed E-state index contributed by atoms with van der Waals surface area (Å²) >= 11 is 6.24. The maximum Gasteiger partial charge on any atom is 0.251 e. The molecule has 0 aliphatic rings. The van der Waals surface area contributed by atoms with Crippen LogP contribution >= 0.6 is 11.6 Å². The lowest BCUT2D eigenvalue weighted by Gasteiger charge is -2.15. The van der Waals surface area contributed by atoms with Gasteiger partial charge in [-0.05, 0) is 35.7 Å². The first-order chi connectivity index (χ1) is 11.9. The normalized spacial score (nSPS) is 10.6. The first-order valence-corrected chi connectivity index (χ1v) is 8.31. The predicted molar refractivity (Wildman–Crippen MR) is 95.9 cm³/mol. The minimum absolute atomic E-state index is 0.210. The molecule has 0 saturated heterocycles. The topological polar surface area (TPSA) is 47.6 Å². The van der Waals surface area contributed by atoms with Gasteiger partial charge in [0, 0.05) is 12.1 Å². The van der Waals surface area contributed by atoms with Gasteiger partial charge in [0.1, 0.15) is 5.82 Å². The number of halogens is 2. The average molecular weight is 366 g/mol. The minimum atomic E-state index is -0.344. The Morgan fingerprint density at radius 2 is 2.04 bits per heavy atom. The molecule has 0 unspecified atom stereocenters. The molecule has 0 fully saturated rings. The van der Waals surface area contributed by atoms with E-state index in [9.17, 15) is 9.18 Å². The standard InChI is InChI=1S/C19H21ClFNO3/c1-12(2)11-25-18-16(20)8-14(9-17(18)24-3)19(23)22-10-13-5-4-6-15(21)7-13/h4-9,12H,10-11H2,1-3H3,(H,22,23). The molecule has 0 aromatic heterocycles. The largest absolute Gasteiger partial charge is 0.493 e. The van der Waals surface area contributed by atoms with Crippen molar-refractivity contribution in [1.82, 2.24) is 5.32 Å². The van der Waals surface area contributed by atoms with Crippen LogP contribution in [-0.2, 0) is 6.54 Å². The van der Waals surface area contributed by atoms with Gasteiger partial charge in [0.05, 0.1) is 18.7 Å². The van der Waals surface area contributed by atoms with Gasteiger partial charge in [-0.1, -0.05) is 37.6 Å². The molecular weight excluding hydrogens is 345 g/mol. The maximum absolute atomic E-state index is 13.2. The van der Waals surface area contributed by atoms with Gasteiger partial charge in [-0.2, -0.15) is 0 Å². The molecule has 1 amide bonds. The van der Waals surface area contributed by atoms with E-state index in [1.165, 1.54) is 25.3 Å². The second-order valence-electron chi connectivity index (χ2n) is 6.01. The van der Waals surface area contributed by atoms with Crippen molar-refractivity contribution >= 4 is 17.5 Å². The van der Waals surface area contributed by atoms with Crippen molar-refractivity contribution in [2.24, 2.45) is 5.92 Å². The number of carbonyl (C=O) groups excluding carboxylic acids is 1. The lowest BCUT2D eigenvalue weighted by molar-refractivity contribution is 0.0950. The molecular formula is C19H21ClFNO3. The average Bonchev–Trinajstić information content (AvgIpc) is 2.57. The summed E-state index contributed by atoms with van der Waals surface area (Å²) < 4.78 is 24.1. The van der Waals surface area contributed by atoms with E-state index in [0.717, 1.165) is 0 Å². The fourth-order valence-electron chi connectivity index (χ4n) is 2.17. The molecule has 0 radical (unpaired) electrons. The van der Waals surface area contributed by atoms with Crippen LogP contribution in [0.25, 0.3) is 0 Å². The summed E-state index contributed by atoms with van der Waals surface area (Å²) in [6.45, 7) is 4.74. The number of amides is 1. The molecule has 25 heavy (non-hydrogen) atoms. The molecule has 0 atom stereocenters. The van der Waals surface area contributed by atoms with Gasteiger partial charge in [-0.25, -0.2) is 4.39 Å². The van der Waals surface area contributed by atoms with Crippen LogP contribution in [0.15, 0.2) is 36.4 Å². The smallest absolute Gasteiger partial charge is 0.251 e. The van der Waals surface area contributed by atoms with Crippen LogP contribution in [0, 0.1) is 11.7 Å². The van der Waals surface area contributed by atoms with Crippen molar-refractivity contribution in [3.63, 3.8) is 0 Å². The Morgan fingerprint density at radius 3 is 2.68 bits per heavy atom. The third-order valence-corrected chi connectivity index (χ3v) is 3.68. The number of hydrogen-bond acceptors (Lipinski definition) is 3. The summed E-state index contributed by atoms with van der Waals surface area (Å²) in [6, 6.07) is 9.16. The van der Waals surface area contributed by atoms with E-state index in [1.54, 1.807) is 18.2 Å². The molecule has 134 valence electrons. The Bertz CT molecular complexity index is 749. The highest BCUT2D eigenvalue weighted by molar-refractivity contribution is 6.32. The van der Waals surface area contributed by atoms with Gasteiger partial charge < -0.3 is 14.8 Å². The van der Waals surface area contributed by atoms with E-state index in [-0.39, 0.29) is 18.3 Å². The SMILES string of the molecule is COc1cc(C(=O)NCc2cccc(F)c2)cc(Cl)c1OCC(C)C. The molecule has 2 rings (SSSR count). The Morgan fingerprint density at radius 1 is 1.28 bits per heavy atom. The summed E-state index contributed by atoms with van der Waals surface area (Å²) in [5, 5.41) is 3.03. The van der Waals surface area contributed by atoms with Crippen molar-refractivity contribution in [2.75, 3.05) is 13.7 Å². The highest BCUT2D eigenvalue weighted by Gasteiger charge is 2.16. The van der Waals surface area contributed by atoms with E-state index in [4.69, 9.17) is 21.1 Å². The molecule has 6 heteroatoms. The van der Waals surface area contributed by atoms with Crippen LogP contribution in [0.5, 0.6) is 11.5 Å². The zero-order chi connectivity index (χ0) is 18.4. The fourth-order valence-corrected chi connectivity index (χ4v) is 2.44. The zero-order valence-corrected chi connectivity index (χ0v) is 15.2. The van der Waals surface area contributed by atoms with Crippen LogP contribution < -0.4 is 14.8 Å². The molecule has 0 saturated carbocycles. The summed E-state index contributed by atoms with van der Waals surface area (Å²) in [5.74, 6) is 0.460. The molecule has 4 nitrogen and oxygen atoms in total. The third kappa shape index (κ3) is 5.36. The third-order valence-electron chi connectivity index (χ3n) is 3.39. The van der Waals surface area contributed by atoms with Crippen molar-refractivity contribution < 1.29 is 18.7 Å². The molecule has 0 heterocycles. The number of benzene rings is 2. The van der Waals surface area contributed by atoms with Gasteiger partial charge >= 0.3 is 0 Å². The van der Waals surface area contributed by atoms with E-state index in [1.807, 2.05) is 13.8 Å². The van der Waals surface area contributed by atoms with Crippen LogP contribution in [0.4, 0.5) is 4.39 Å². The van der Waals surface area contributed by atoms with Gasteiger partial charge in [0.2, 0.25) is 0 Å². The van der Waals surface area contributed by atoms with Crippen molar-refractivity contribution in [1.29, 1.82) is 0 Å². The molecule has 0 bridgehead atoms. The van der Waals surface area contributed by atoms with Crippen LogP contribution in [0.3, 0.4) is 0 Å². The van der Waals surface area contributed by atoms with Gasteiger partial charge in [0.15, 0.2) is 11.5 Å².